The molecule has 19 heavy (non-hydrogen) atoms. The van der Waals surface area contributed by atoms with Crippen molar-refractivity contribution >= 4 is 15.8 Å². The summed E-state index contributed by atoms with van der Waals surface area (Å²) in [5.41, 5.74) is 7.14. The van der Waals surface area contributed by atoms with E-state index in [-0.39, 0.29) is 5.75 Å². The normalized spacial score (nSPS) is 11.2. The van der Waals surface area contributed by atoms with Gasteiger partial charge >= 0.3 is 10.1 Å². The van der Waals surface area contributed by atoms with E-state index in [4.69, 9.17) is 9.92 Å². The van der Waals surface area contributed by atoms with Crippen LogP contribution < -0.4 is 9.92 Å². The maximum atomic E-state index is 11.8. The lowest BCUT2D eigenvalue weighted by Gasteiger charge is -2.07. The van der Waals surface area contributed by atoms with Gasteiger partial charge in [0.25, 0.3) is 0 Å². The van der Waals surface area contributed by atoms with E-state index in [1.807, 2.05) is 12.1 Å². The summed E-state index contributed by atoms with van der Waals surface area (Å²) < 4.78 is 28.6. The highest BCUT2D eigenvalue weighted by atomic mass is 32.2. The molecule has 0 aliphatic rings. The third kappa shape index (κ3) is 4.30. The van der Waals surface area contributed by atoms with Crippen LogP contribution >= 0.6 is 0 Å². The van der Waals surface area contributed by atoms with Gasteiger partial charge in [0.05, 0.1) is 5.75 Å². The molecule has 5 heteroatoms. The number of hydrogen-bond donors (Lipinski definition) is 1. The molecule has 2 N–H and O–H groups in total. The molecule has 0 saturated carbocycles. The van der Waals surface area contributed by atoms with Gasteiger partial charge in [-0.1, -0.05) is 30.3 Å². The molecule has 0 fully saturated rings. The van der Waals surface area contributed by atoms with Crippen LogP contribution in [0.1, 0.15) is 5.56 Å². The molecule has 2 rings (SSSR count). The molecule has 0 bridgehead atoms. The Balaban J connectivity index is 1.96. The van der Waals surface area contributed by atoms with Crippen LogP contribution in [-0.4, -0.2) is 14.2 Å². The molecular weight excluding hydrogens is 262 g/mol. The third-order valence-electron chi connectivity index (χ3n) is 2.59. The summed E-state index contributed by atoms with van der Waals surface area (Å²) in [5.74, 6) is 0.269. The fourth-order valence-electron chi connectivity index (χ4n) is 1.59. The average Bonchev–Trinajstić information content (AvgIpc) is 2.39. The average molecular weight is 277 g/mol. The molecule has 0 heterocycles. The van der Waals surface area contributed by atoms with Gasteiger partial charge in [-0.3, -0.25) is 0 Å². The van der Waals surface area contributed by atoms with Crippen molar-refractivity contribution < 1.29 is 12.6 Å². The molecule has 4 nitrogen and oxygen atoms in total. The van der Waals surface area contributed by atoms with Crippen molar-refractivity contribution in [2.45, 2.75) is 6.42 Å². The number of anilines is 1. The van der Waals surface area contributed by atoms with E-state index in [0.29, 0.717) is 17.9 Å². The van der Waals surface area contributed by atoms with Crippen molar-refractivity contribution in [3.8, 4) is 5.75 Å². The Morgan fingerprint density at radius 1 is 0.947 bits per heavy atom. The topological polar surface area (TPSA) is 69.4 Å². The second-order valence-corrected chi connectivity index (χ2v) is 5.84. The van der Waals surface area contributed by atoms with Crippen molar-refractivity contribution in [2.24, 2.45) is 0 Å². The van der Waals surface area contributed by atoms with Gasteiger partial charge < -0.3 is 9.92 Å². The highest BCUT2D eigenvalue weighted by Gasteiger charge is 2.12. The SMILES string of the molecule is Nc1ccc(CCS(=O)(=O)Oc2ccccc2)cc1. The maximum absolute atomic E-state index is 11.8. The van der Waals surface area contributed by atoms with Crippen molar-refractivity contribution in [1.82, 2.24) is 0 Å². The van der Waals surface area contributed by atoms with Crippen LogP contribution in [0, 0.1) is 0 Å². The lowest BCUT2D eigenvalue weighted by atomic mass is 10.2. The van der Waals surface area contributed by atoms with E-state index in [2.05, 4.69) is 0 Å². The summed E-state index contributed by atoms with van der Waals surface area (Å²) in [6.07, 6.45) is 0.398. The molecule has 2 aromatic rings. The fraction of sp³-hybridized carbons (Fsp3) is 0.143. The number of nitrogen functional groups attached to an aromatic ring is 1. The lowest BCUT2D eigenvalue weighted by molar-refractivity contribution is 0.485. The van der Waals surface area contributed by atoms with Crippen LogP contribution in [0.15, 0.2) is 54.6 Å². The Kier molecular flexibility index (Phi) is 4.06. The van der Waals surface area contributed by atoms with E-state index >= 15 is 0 Å². The summed E-state index contributed by atoms with van der Waals surface area (Å²) in [6.45, 7) is 0. The molecule has 0 aliphatic heterocycles. The molecule has 0 spiro atoms. The molecule has 100 valence electrons. The van der Waals surface area contributed by atoms with E-state index in [9.17, 15) is 8.42 Å². The zero-order chi connectivity index (χ0) is 13.7. The van der Waals surface area contributed by atoms with E-state index in [1.165, 1.54) is 0 Å². The van der Waals surface area contributed by atoms with Crippen molar-refractivity contribution in [2.75, 3.05) is 11.5 Å². The largest absolute Gasteiger partial charge is 0.399 e. The number of benzene rings is 2. The van der Waals surface area contributed by atoms with Gasteiger partial charge in [0, 0.05) is 5.69 Å². The van der Waals surface area contributed by atoms with Crippen molar-refractivity contribution in [3.63, 3.8) is 0 Å². The maximum Gasteiger partial charge on any atom is 0.309 e. The van der Waals surface area contributed by atoms with Crippen LogP contribution in [-0.2, 0) is 16.5 Å². The number of hydrogen-bond acceptors (Lipinski definition) is 4. The third-order valence-corrected chi connectivity index (χ3v) is 3.74. The number of aryl methyl sites for hydroxylation is 1. The molecular formula is C14H15NO3S. The minimum atomic E-state index is -3.57. The second-order valence-electron chi connectivity index (χ2n) is 4.15. The molecule has 2 aromatic carbocycles. The van der Waals surface area contributed by atoms with Gasteiger partial charge in [0.15, 0.2) is 0 Å². The van der Waals surface area contributed by atoms with Crippen LogP contribution in [0.3, 0.4) is 0 Å². The summed E-state index contributed by atoms with van der Waals surface area (Å²) in [5, 5.41) is 0. The predicted octanol–water partition coefficient (Wildman–Crippen LogP) is 2.22. The van der Waals surface area contributed by atoms with Crippen molar-refractivity contribution in [1.29, 1.82) is 0 Å². The van der Waals surface area contributed by atoms with Gasteiger partial charge in [-0.05, 0) is 36.2 Å². The summed E-state index contributed by atoms with van der Waals surface area (Å²) in [6, 6.07) is 15.6. The van der Waals surface area contributed by atoms with Crippen molar-refractivity contribution in [3.05, 3.63) is 60.2 Å². The summed E-state index contributed by atoms with van der Waals surface area (Å²) in [4.78, 5) is 0. The molecule has 0 aliphatic carbocycles. The van der Waals surface area contributed by atoms with Gasteiger partial charge in [-0.15, -0.1) is 0 Å². The lowest BCUT2D eigenvalue weighted by Crippen LogP contribution is -2.15. The minimum absolute atomic E-state index is 0.0637. The van der Waals surface area contributed by atoms with Crippen LogP contribution in [0.25, 0.3) is 0 Å². The van der Waals surface area contributed by atoms with Gasteiger partial charge in [0.1, 0.15) is 5.75 Å². The molecule has 0 saturated heterocycles. The Hall–Kier alpha value is -2.01. The molecule has 0 amide bonds. The highest BCUT2D eigenvalue weighted by molar-refractivity contribution is 7.87. The summed E-state index contributed by atoms with van der Waals surface area (Å²) >= 11 is 0. The Labute approximate surface area is 113 Å². The quantitative estimate of drug-likeness (QED) is 0.672. The van der Waals surface area contributed by atoms with Crippen LogP contribution in [0.5, 0.6) is 5.75 Å². The number of para-hydroxylation sites is 1. The van der Waals surface area contributed by atoms with E-state index in [1.54, 1.807) is 42.5 Å². The predicted molar refractivity (Wildman–Crippen MR) is 75.4 cm³/mol. The molecule has 0 atom stereocenters. The zero-order valence-electron chi connectivity index (χ0n) is 10.3. The van der Waals surface area contributed by atoms with Gasteiger partial charge in [-0.2, -0.15) is 8.42 Å². The Morgan fingerprint density at radius 2 is 1.58 bits per heavy atom. The van der Waals surface area contributed by atoms with E-state index < -0.39 is 10.1 Å². The standard InChI is InChI=1S/C14H15NO3S/c15-13-8-6-12(7-9-13)10-11-19(16,17)18-14-4-2-1-3-5-14/h1-9H,10-11,15H2. The second kappa shape index (κ2) is 5.75. The first-order valence-electron chi connectivity index (χ1n) is 5.87. The molecule has 0 unspecified atom stereocenters. The molecule has 0 radical (unpaired) electrons. The Bertz CT molecular complexity index is 622. The Morgan fingerprint density at radius 3 is 2.21 bits per heavy atom. The van der Waals surface area contributed by atoms with Crippen LogP contribution in [0.2, 0.25) is 0 Å². The summed E-state index contributed by atoms with van der Waals surface area (Å²) in [7, 11) is -3.57. The monoisotopic (exact) mass is 277 g/mol. The van der Waals surface area contributed by atoms with Crippen LogP contribution in [0.4, 0.5) is 5.69 Å². The highest BCUT2D eigenvalue weighted by Crippen LogP contribution is 2.13. The number of rotatable bonds is 5. The number of nitrogens with two attached hydrogens (primary N) is 1. The van der Waals surface area contributed by atoms with Gasteiger partial charge in [-0.25, -0.2) is 0 Å². The zero-order valence-corrected chi connectivity index (χ0v) is 11.1. The van der Waals surface area contributed by atoms with Gasteiger partial charge in [0.2, 0.25) is 0 Å². The first-order valence-corrected chi connectivity index (χ1v) is 7.44. The minimum Gasteiger partial charge on any atom is -0.399 e. The first-order chi connectivity index (χ1) is 9.05. The first kappa shape index (κ1) is 13.4. The smallest absolute Gasteiger partial charge is 0.309 e. The van der Waals surface area contributed by atoms with E-state index in [0.717, 1.165) is 5.56 Å². The fourth-order valence-corrected chi connectivity index (χ4v) is 2.56. The molecule has 0 aromatic heterocycles.